The van der Waals surface area contributed by atoms with Crippen molar-refractivity contribution in [3.05, 3.63) is 70.2 Å². The summed E-state index contributed by atoms with van der Waals surface area (Å²) in [7, 11) is 0. The van der Waals surface area contributed by atoms with Crippen LogP contribution in [0.3, 0.4) is 0 Å². The zero-order valence-electron chi connectivity index (χ0n) is 9.02. The van der Waals surface area contributed by atoms with Gasteiger partial charge in [-0.05, 0) is 35.7 Å². The van der Waals surface area contributed by atoms with E-state index in [4.69, 9.17) is 11.6 Å². The van der Waals surface area contributed by atoms with Crippen molar-refractivity contribution in [2.45, 2.75) is 13.0 Å². The van der Waals surface area contributed by atoms with Crippen molar-refractivity contribution in [3.8, 4) is 0 Å². The quantitative estimate of drug-likeness (QED) is 0.837. The van der Waals surface area contributed by atoms with E-state index in [-0.39, 0.29) is 0 Å². The molecular weight excluding hydrogens is 220 g/mol. The van der Waals surface area contributed by atoms with Crippen molar-refractivity contribution >= 4 is 11.6 Å². The summed E-state index contributed by atoms with van der Waals surface area (Å²) in [5.41, 5.74) is 2.82. The molecule has 0 aliphatic heterocycles. The molecule has 0 fully saturated rings. The minimum atomic E-state index is -0.611. The van der Waals surface area contributed by atoms with E-state index >= 15 is 0 Å². The molecule has 0 spiro atoms. The zero-order chi connectivity index (χ0) is 11.5. The number of halogens is 1. The maximum atomic E-state index is 10.2. The second kappa shape index (κ2) is 4.69. The summed E-state index contributed by atoms with van der Waals surface area (Å²) in [6.45, 7) is 1.99. The van der Waals surface area contributed by atoms with Gasteiger partial charge in [-0.2, -0.15) is 0 Å². The van der Waals surface area contributed by atoms with Gasteiger partial charge in [0.2, 0.25) is 0 Å². The number of hydrogen-bond acceptors (Lipinski definition) is 1. The monoisotopic (exact) mass is 232 g/mol. The molecule has 2 heteroatoms. The highest BCUT2D eigenvalue weighted by atomic mass is 35.5. The van der Waals surface area contributed by atoms with E-state index in [9.17, 15) is 5.11 Å². The number of aliphatic hydroxyl groups excluding tert-OH is 1. The van der Waals surface area contributed by atoms with Gasteiger partial charge in [0, 0.05) is 5.02 Å². The first kappa shape index (κ1) is 11.2. The highest BCUT2D eigenvalue weighted by Crippen LogP contribution is 2.26. The Hall–Kier alpha value is -1.31. The van der Waals surface area contributed by atoms with Crippen molar-refractivity contribution in [2.75, 3.05) is 0 Å². The van der Waals surface area contributed by atoms with Crippen molar-refractivity contribution < 1.29 is 5.11 Å². The van der Waals surface area contributed by atoms with Gasteiger partial charge in [-0.25, -0.2) is 0 Å². The average molecular weight is 233 g/mol. The van der Waals surface area contributed by atoms with Crippen LogP contribution in [0.5, 0.6) is 0 Å². The normalized spacial score (nSPS) is 12.4. The largest absolute Gasteiger partial charge is 0.384 e. The number of hydrogen-bond donors (Lipinski definition) is 1. The molecule has 0 saturated heterocycles. The lowest BCUT2D eigenvalue weighted by molar-refractivity contribution is 0.219. The van der Waals surface area contributed by atoms with Crippen LogP contribution in [0.2, 0.25) is 5.02 Å². The van der Waals surface area contributed by atoms with Crippen LogP contribution >= 0.6 is 11.6 Å². The van der Waals surface area contributed by atoms with Gasteiger partial charge >= 0.3 is 0 Å². The summed E-state index contributed by atoms with van der Waals surface area (Å²) in [6.07, 6.45) is -0.611. The summed E-state index contributed by atoms with van der Waals surface area (Å²) in [6, 6.07) is 15.1. The van der Waals surface area contributed by atoms with Crippen molar-refractivity contribution in [1.29, 1.82) is 0 Å². The summed E-state index contributed by atoms with van der Waals surface area (Å²) < 4.78 is 0. The van der Waals surface area contributed by atoms with Gasteiger partial charge in [0.1, 0.15) is 6.10 Å². The Morgan fingerprint density at radius 1 is 1.06 bits per heavy atom. The standard InChI is InChI=1S/C14H13ClO/c1-10-5-2-3-8-13(10)14(16)11-6-4-7-12(15)9-11/h2-9,14,16H,1H3. The number of benzene rings is 2. The minimum Gasteiger partial charge on any atom is -0.384 e. The molecule has 2 aromatic carbocycles. The Morgan fingerprint density at radius 3 is 2.50 bits per heavy atom. The molecule has 1 atom stereocenters. The van der Waals surface area contributed by atoms with Gasteiger partial charge in [0.05, 0.1) is 0 Å². The molecule has 0 aromatic heterocycles. The molecule has 0 bridgehead atoms. The molecule has 1 nitrogen and oxygen atoms in total. The molecule has 0 aliphatic carbocycles. The van der Waals surface area contributed by atoms with Crippen molar-refractivity contribution in [2.24, 2.45) is 0 Å². The fourth-order valence-corrected chi connectivity index (χ4v) is 1.95. The Bertz CT molecular complexity index is 494. The second-order valence-electron chi connectivity index (χ2n) is 3.81. The third kappa shape index (κ3) is 2.26. The van der Waals surface area contributed by atoms with Crippen molar-refractivity contribution in [1.82, 2.24) is 0 Å². The van der Waals surface area contributed by atoms with Crippen LogP contribution in [-0.4, -0.2) is 5.11 Å². The van der Waals surface area contributed by atoms with Gasteiger partial charge in [0.25, 0.3) is 0 Å². The van der Waals surface area contributed by atoms with Crippen LogP contribution in [0.25, 0.3) is 0 Å². The number of rotatable bonds is 2. The Kier molecular flexibility index (Phi) is 3.28. The van der Waals surface area contributed by atoms with Crippen LogP contribution in [0.4, 0.5) is 0 Å². The second-order valence-corrected chi connectivity index (χ2v) is 4.25. The minimum absolute atomic E-state index is 0.611. The molecule has 0 aliphatic rings. The van der Waals surface area contributed by atoms with E-state index in [1.165, 1.54) is 0 Å². The Morgan fingerprint density at radius 2 is 1.81 bits per heavy atom. The van der Waals surface area contributed by atoms with E-state index in [0.29, 0.717) is 5.02 Å². The van der Waals surface area contributed by atoms with Gasteiger partial charge in [-0.15, -0.1) is 0 Å². The maximum absolute atomic E-state index is 10.2. The zero-order valence-corrected chi connectivity index (χ0v) is 9.78. The summed E-state index contributed by atoms with van der Waals surface area (Å²) in [4.78, 5) is 0. The summed E-state index contributed by atoms with van der Waals surface area (Å²) in [5, 5.41) is 10.9. The fraction of sp³-hybridized carbons (Fsp3) is 0.143. The first-order valence-electron chi connectivity index (χ1n) is 5.17. The lowest BCUT2D eigenvalue weighted by atomic mass is 9.98. The topological polar surface area (TPSA) is 20.2 Å². The van der Waals surface area contributed by atoms with Crippen LogP contribution in [0, 0.1) is 6.92 Å². The van der Waals surface area contributed by atoms with Crippen molar-refractivity contribution in [3.63, 3.8) is 0 Å². The molecule has 1 unspecified atom stereocenters. The molecule has 0 heterocycles. The van der Waals surface area contributed by atoms with Crippen LogP contribution in [0.1, 0.15) is 22.8 Å². The van der Waals surface area contributed by atoms with Gasteiger partial charge in [-0.1, -0.05) is 48.0 Å². The number of aryl methyl sites for hydroxylation is 1. The van der Waals surface area contributed by atoms with E-state index in [1.54, 1.807) is 12.1 Å². The SMILES string of the molecule is Cc1ccccc1C(O)c1cccc(Cl)c1. The van der Waals surface area contributed by atoms with Gasteiger partial charge in [-0.3, -0.25) is 0 Å². The first-order valence-corrected chi connectivity index (χ1v) is 5.55. The first-order chi connectivity index (χ1) is 7.68. The molecule has 2 aromatic rings. The fourth-order valence-electron chi connectivity index (χ4n) is 1.75. The lowest BCUT2D eigenvalue weighted by Crippen LogP contribution is -2.01. The molecule has 16 heavy (non-hydrogen) atoms. The molecule has 82 valence electrons. The van der Waals surface area contributed by atoms with E-state index < -0.39 is 6.10 Å². The lowest BCUT2D eigenvalue weighted by Gasteiger charge is -2.14. The highest BCUT2D eigenvalue weighted by Gasteiger charge is 2.12. The predicted molar refractivity (Wildman–Crippen MR) is 66.7 cm³/mol. The third-order valence-corrected chi connectivity index (χ3v) is 2.88. The molecule has 0 saturated carbocycles. The van der Waals surface area contributed by atoms with Crippen LogP contribution < -0.4 is 0 Å². The third-order valence-electron chi connectivity index (χ3n) is 2.65. The molecule has 0 radical (unpaired) electrons. The van der Waals surface area contributed by atoms with Crippen LogP contribution in [-0.2, 0) is 0 Å². The maximum Gasteiger partial charge on any atom is 0.104 e. The smallest absolute Gasteiger partial charge is 0.104 e. The summed E-state index contributed by atoms with van der Waals surface area (Å²) >= 11 is 5.91. The Balaban J connectivity index is 2.39. The molecule has 0 amide bonds. The average Bonchev–Trinajstić information content (AvgIpc) is 2.29. The molecule has 2 rings (SSSR count). The van der Waals surface area contributed by atoms with Gasteiger partial charge < -0.3 is 5.11 Å². The highest BCUT2D eigenvalue weighted by molar-refractivity contribution is 6.30. The van der Waals surface area contributed by atoms with Gasteiger partial charge in [0.15, 0.2) is 0 Å². The van der Waals surface area contributed by atoms with Crippen LogP contribution in [0.15, 0.2) is 48.5 Å². The van der Waals surface area contributed by atoms with E-state index in [1.807, 2.05) is 43.3 Å². The van der Waals surface area contributed by atoms with E-state index in [0.717, 1.165) is 16.7 Å². The Labute approximate surface area is 100 Å². The van der Waals surface area contributed by atoms with E-state index in [2.05, 4.69) is 0 Å². The molecule has 1 N–H and O–H groups in total. The number of aliphatic hydroxyl groups is 1. The predicted octanol–water partition coefficient (Wildman–Crippen LogP) is 3.73. The summed E-state index contributed by atoms with van der Waals surface area (Å²) in [5.74, 6) is 0. The molecular formula is C14H13ClO.